The van der Waals surface area contributed by atoms with Gasteiger partial charge in [-0.25, -0.2) is 4.79 Å². The highest BCUT2D eigenvalue weighted by Gasteiger charge is 2.34. The third kappa shape index (κ3) is 3.21. The molecule has 1 aromatic rings. The smallest absolute Gasteiger partial charge is 0.334 e. The highest BCUT2D eigenvalue weighted by molar-refractivity contribution is 5.99. The Morgan fingerprint density at radius 2 is 2.12 bits per heavy atom. The van der Waals surface area contributed by atoms with Crippen LogP contribution in [0.3, 0.4) is 0 Å². The molecule has 7 nitrogen and oxygen atoms in total. The van der Waals surface area contributed by atoms with Gasteiger partial charge in [0.05, 0.1) is 25.3 Å². The lowest BCUT2D eigenvalue weighted by atomic mass is 10.1. The predicted octanol–water partition coefficient (Wildman–Crippen LogP) is 1.17. The molecule has 2 aliphatic heterocycles. The minimum Gasteiger partial charge on any atom is -0.497 e. The summed E-state index contributed by atoms with van der Waals surface area (Å²) in [6.07, 6.45) is 0.427. The number of methoxy groups -OCH3 is 1. The average molecular weight is 333 g/mol. The summed E-state index contributed by atoms with van der Waals surface area (Å²) in [6.45, 7) is 2.29. The molecule has 2 atom stereocenters. The first kappa shape index (κ1) is 16.3. The fourth-order valence-corrected chi connectivity index (χ4v) is 2.86. The number of carbonyl (C=O) groups excluding carboxylic acids is 1. The van der Waals surface area contributed by atoms with E-state index in [0.29, 0.717) is 23.6 Å². The molecule has 3 rings (SSSR count). The second-order valence-corrected chi connectivity index (χ2v) is 5.85. The lowest BCUT2D eigenvalue weighted by molar-refractivity contribution is -0.165. The summed E-state index contributed by atoms with van der Waals surface area (Å²) in [4.78, 5) is 25.4. The van der Waals surface area contributed by atoms with Crippen LogP contribution >= 0.6 is 0 Å². The summed E-state index contributed by atoms with van der Waals surface area (Å²) in [7, 11) is 1.57. The van der Waals surface area contributed by atoms with E-state index in [4.69, 9.17) is 19.3 Å². The largest absolute Gasteiger partial charge is 0.497 e. The summed E-state index contributed by atoms with van der Waals surface area (Å²) >= 11 is 0. The molecule has 1 aromatic carbocycles. The molecule has 0 bridgehead atoms. The number of carbonyl (C=O) groups is 2. The van der Waals surface area contributed by atoms with Crippen LogP contribution in [0.1, 0.15) is 12.5 Å². The van der Waals surface area contributed by atoms with Gasteiger partial charge in [0.1, 0.15) is 18.1 Å². The molecule has 0 aliphatic carbocycles. The Labute approximate surface area is 139 Å². The first-order valence-corrected chi connectivity index (χ1v) is 7.67. The first-order chi connectivity index (χ1) is 11.5. The molecule has 1 N–H and O–H groups in total. The highest BCUT2D eigenvalue weighted by atomic mass is 16.5. The monoisotopic (exact) mass is 333 g/mol. The number of morpholine rings is 1. The van der Waals surface area contributed by atoms with Crippen LogP contribution in [0.15, 0.2) is 23.8 Å². The topological polar surface area (TPSA) is 85.3 Å². The minimum absolute atomic E-state index is 0.0286. The van der Waals surface area contributed by atoms with Gasteiger partial charge in [-0.05, 0) is 31.2 Å². The number of fused-ring (bicyclic) bond motifs is 1. The van der Waals surface area contributed by atoms with E-state index in [-0.39, 0.29) is 25.2 Å². The van der Waals surface area contributed by atoms with Crippen molar-refractivity contribution in [2.75, 3.05) is 26.8 Å². The molecule has 128 valence electrons. The Kier molecular flexibility index (Phi) is 4.44. The zero-order chi connectivity index (χ0) is 17.3. The second-order valence-electron chi connectivity index (χ2n) is 5.85. The summed E-state index contributed by atoms with van der Waals surface area (Å²) in [5.74, 6) is 0.0625. The summed E-state index contributed by atoms with van der Waals surface area (Å²) in [6, 6.07) is 5.38. The maximum absolute atomic E-state index is 12.7. The molecule has 1 amide bonds. The lowest BCUT2D eigenvalue weighted by Gasteiger charge is -2.35. The fraction of sp³-hybridized carbons (Fsp3) is 0.412. The van der Waals surface area contributed by atoms with E-state index in [9.17, 15) is 9.59 Å². The van der Waals surface area contributed by atoms with Crippen molar-refractivity contribution < 1.29 is 28.9 Å². The van der Waals surface area contributed by atoms with E-state index in [2.05, 4.69) is 0 Å². The van der Waals surface area contributed by atoms with Crippen LogP contribution < -0.4 is 9.47 Å². The Morgan fingerprint density at radius 1 is 1.33 bits per heavy atom. The van der Waals surface area contributed by atoms with E-state index >= 15 is 0 Å². The SMILES string of the molecule is COc1ccc2c(c1)C=C(C(=O)N1CC(C(=O)O)O[C@H](C)C1)CO2. The Hall–Kier alpha value is -2.54. The Balaban J connectivity index is 1.81. The van der Waals surface area contributed by atoms with Gasteiger partial charge in [0.25, 0.3) is 5.91 Å². The van der Waals surface area contributed by atoms with Crippen molar-refractivity contribution in [3.8, 4) is 11.5 Å². The zero-order valence-corrected chi connectivity index (χ0v) is 13.5. The van der Waals surface area contributed by atoms with E-state index in [1.807, 2.05) is 0 Å². The highest BCUT2D eigenvalue weighted by Crippen LogP contribution is 2.30. The van der Waals surface area contributed by atoms with Gasteiger partial charge >= 0.3 is 5.97 Å². The molecule has 7 heteroatoms. The van der Waals surface area contributed by atoms with Crippen LogP contribution in [0.25, 0.3) is 6.08 Å². The van der Waals surface area contributed by atoms with Crippen LogP contribution in [-0.4, -0.2) is 60.9 Å². The number of nitrogens with zero attached hydrogens (tertiary/aromatic N) is 1. The normalized spacial score (nSPS) is 22.9. The molecule has 1 unspecified atom stereocenters. The van der Waals surface area contributed by atoms with E-state index in [1.54, 1.807) is 38.3 Å². The molecule has 1 saturated heterocycles. The third-order valence-electron chi connectivity index (χ3n) is 4.03. The number of aliphatic carboxylic acids is 1. The zero-order valence-electron chi connectivity index (χ0n) is 13.5. The molecule has 0 radical (unpaired) electrons. The maximum Gasteiger partial charge on any atom is 0.334 e. The summed E-state index contributed by atoms with van der Waals surface area (Å²) < 4.78 is 16.2. The number of ether oxygens (including phenoxy) is 3. The van der Waals surface area contributed by atoms with Gasteiger partial charge in [-0.15, -0.1) is 0 Å². The molecule has 24 heavy (non-hydrogen) atoms. The van der Waals surface area contributed by atoms with Crippen LogP contribution in [0, 0.1) is 0 Å². The number of benzene rings is 1. The van der Waals surface area contributed by atoms with E-state index in [0.717, 1.165) is 5.56 Å². The fourth-order valence-electron chi connectivity index (χ4n) is 2.86. The van der Waals surface area contributed by atoms with Crippen LogP contribution in [0.5, 0.6) is 11.5 Å². The summed E-state index contributed by atoms with van der Waals surface area (Å²) in [5.41, 5.74) is 1.24. The number of amides is 1. The van der Waals surface area contributed by atoms with Crippen LogP contribution in [0.4, 0.5) is 0 Å². The van der Waals surface area contributed by atoms with Crippen molar-refractivity contribution in [3.63, 3.8) is 0 Å². The van der Waals surface area contributed by atoms with Gasteiger partial charge in [-0.3, -0.25) is 4.79 Å². The van der Waals surface area contributed by atoms with Crippen molar-refractivity contribution in [3.05, 3.63) is 29.3 Å². The molecule has 0 aromatic heterocycles. The Bertz CT molecular complexity index is 698. The molecular formula is C17H19NO6. The predicted molar refractivity (Wildman–Crippen MR) is 85.0 cm³/mol. The molecule has 1 fully saturated rings. The number of carboxylic acid groups (broad SMARTS) is 1. The van der Waals surface area contributed by atoms with Gasteiger partial charge in [0, 0.05) is 12.1 Å². The van der Waals surface area contributed by atoms with Gasteiger partial charge < -0.3 is 24.2 Å². The van der Waals surface area contributed by atoms with Gasteiger partial charge in [0.2, 0.25) is 0 Å². The first-order valence-electron chi connectivity index (χ1n) is 7.67. The standard InChI is InChI=1S/C17H19NO6/c1-10-7-18(8-15(24-10)17(20)21)16(19)12-5-11-6-13(22-2)3-4-14(11)23-9-12/h3-6,10,15H,7-9H2,1-2H3,(H,20,21)/t10-,15?/m1/s1. The quantitative estimate of drug-likeness (QED) is 0.894. The Morgan fingerprint density at radius 3 is 2.83 bits per heavy atom. The van der Waals surface area contributed by atoms with Crippen LogP contribution in [-0.2, 0) is 14.3 Å². The molecule has 0 spiro atoms. The number of carboxylic acids is 1. The van der Waals surface area contributed by atoms with Gasteiger partial charge in [-0.1, -0.05) is 0 Å². The number of rotatable bonds is 3. The molecule has 2 aliphatic rings. The van der Waals surface area contributed by atoms with Crippen LogP contribution in [0.2, 0.25) is 0 Å². The van der Waals surface area contributed by atoms with Gasteiger partial charge in [0.15, 0.2) is 6.10 Å². The van der Waals surface area contributed by atoms with Crippen molar-refractivity contribution in [2.45, 2.75) is 19.1 Å². The van der Waals surface area contributed by atoms with Crippen molar-refractivity contribution >= 4 is 18.0 Å². The molecule has 2 heterocycles. The average Bonchev–Trinajstić information content (AvgIpc) is 2.59. The minimum atomic E-state index is -1.07. The van der Waals surface area contributed by atoms with Crippen molar-refractivity contribution in [2.24, 2.45) is 0 Å². The maximum atomic E-state index is 12.7. The number of hydrogen-bond donors (Lipinski definition) is 1. The molecule has 0 saturated carbocycles. The van der Waals surface area contributed by atoms with Crippen molar-refractivity contribution in [1.82, 2.24) is 4.90 Å². The second kappa shape index (κ2) is 6.52. The lowest BCUT2D eigenvalue weighted by Crippen LogP contribution is -2.52. The van der Waals surface area contributed by atoms with Gasteiger partial charge in [-0.2, -0.15) is 0 Å². The summed E-state index contributed by atoms with van der Waals surface area (Å²) in [5, 5.41) is 9.14. The van der Waals surface area contributed by atoms with Crippen molar-refractivity contribution in [1.29, 1.82) is 0 Å². The number of hydrogen-bond acceptors (Lipinski definition) is 5. The van der Waals surface area contributed by atoms with E-state index < -0.39 is 12.1 Å². The van der Waals surface area contributed by atoms with E-state index in [1.165, 1.54) is 4.90 Å². The molecular weight excluding hydrogens is 314 g/mol. The third-order valence-corrected chi connectivity index (χ3v) is 4.03.